The van der Waals surface area contributed by atoms with Crippen molar-refractivity contribution in [1.82, 2.24) is 0 Å². The summed E-state index contributed by atoms with van der Waals surface area (Å²) in [5.41, 5.74) is 14.4. The predicted octanol–water partition coefficient (Wildman–Crippen LogP) is 7.53. The van der Waals surface area contributed by atoms with Gasteiger partial charge >= 0.3 is 0 Å². The third kappa shape index (κ3) is 2.17. The lowest BCUT2D eigenvalue weighted by Gasteiger charge is -2.38. The number of hydrogen-bond donors (Lipinski definition) is 0. The Morgan fingerprint density at radius 3 is 1.97 bits per heavy atom. The Labute approximate surface area is 180 Å². The summed E-state index contributed by atoms with van der Waals surface area (Å²) >= 11 is 0. The van der Waals surface area contributed by atoms with Crippen molar-refractivity contribution >= 4 is 0 Å². The molecule has 1 saturated carbocycles. The van der Waals surface area contributed by atoms with Gasteiger partial charge in [0, 0.05) is 0 Å². The van der Waals surface area contributed by atoms with Crippen LogP contribution in [-0.2, 0) is 5.41 Å². The Bertz CT molecular complexity index is 1220. The van der Waals surface area contributed by atoms with Gasteiger partial charge < -0.3 is 0 Å². The molecule has 0 saturated heterocycles. The molecule has 0 radical (unpaired) electrons. The van der Waals surface area contributed by atoms with Gasteiger partial charge in [-0.05, 0) is 90.5 Å². The van der Waals surface area contributed by atoms with Gasteiger partial charge in [0.05, 0.1) is 5.41 Å². The highest BCUT2D eigenvalue weighted by Crippen LogP contribution is 2.64. The van der Waals surface area contributed by atoms with Crippen LogP contribution in [0.1, 0.15) is 48.1 Å². The molecule has 1 fully saturated rings. The van der Waals surface area contributed by atoms with E-state index in [1.165, 1.54) is 50.9 Å². The normalized spacial score (nSPS) is 22.9. The number of benzene rings is 3. The van der Waals surface area contributed by atoms with E-state index in [0.29, 0.717) is 5.92 Å². The molecule has 0 nitrogen and oxygen atoms in total. The van der Waals surface area contributed by atoms with E-state index < -0.39 is 0 Å². The zero-order valence-corrected chi connectivity index (χ0v) is 18.3. The zero-order chi connectivity index (χ0) is 20.6. The molecule has 3 aliphatic rings. The molecule has 3 aromatic carbocycles. The first-order valence-electron chi connectivity index (χ1n) is 11.2. The van der Waals surface area contributed by atoms with Gasteiger partial charge in [0.1, 0.15) is 0 Å². The molecule has 0 spiro atoms. The summed E-state index contributed by atoms with van der Waals surface area (Å²) in [5.74, 6) is 1.39. The van der Waals surface area contributed by atoms with Gasteiger partial charge in [-0.25, -0.2) is 0 Å². The number of fused-ring (bicyclic) bond motifs is 4. The third-order valence-corrected chi connectivity index (χ3v) is 8.07. The van der Waals surface area contributed by atoms with Crippen molar-refractivity contribution in [3.05, 3.63) is 117 Å². The molecule has 0 aromatic heterocycles. The first kappa shape index (κ1) is 18.0. The lowest BCUT2D eigenvalue weighted by molar-refractivity contribution is 0.658. The number of aryl methyl sites for hydroxylation is 2. The SMILES string of the molecule is CC1=C(C)C2CC2C(C2(c3ccc(C)c(C)c3)c3ccccc3-c3ccccc32)=C1. The molecule has 3 aromatic rings. The highest BCUT2D eigenvalue weighted by molar-refractivity contribution is 5.86. The minimum absolute atomic E-state index is 0.187. The molecule has 2 unspecified atom stereocenters. The summed E-state index contributed by atoms with van der Waals surface area (Å²) in [7, 11) is 0. The monoisotopic (exact) mass is 388 g/mol. The molecular weight excluding hydrogens is 360 g/mol. The average molecular weight is 389 g/mol. The van der Waals surface area contributed by atoms with Crippen molar-refractivity contribution in [2.45, 2.75) is 39.5 Å². The minimum atomic E-state index is -0.187. The van der Waals surface area contributed by atoms with E-state index in [-0.39, 0.29) is 5.41 Å². The van der Waals surface area contributed by atoms with E-state index in [0.717, 1.165) is 5.92 Å². The molecule has 0 bridgehead atoms. The fraction of sp³-hybridized carbons (Fsp3) is 0.267. The second kappa shape index (κ2) is 6.08. The Kier molecular flexibility index (Phi) is 3.64. The lowest BCUT2D eigenvalue weighted by atomic mass is 9.64. The molecule has 3 aliphatic carbocycles. The molecule has 0 heterocycles. The van der Waals surface area contributed by atoms with Crippen LogP contribution in [0, 0.1) is 25.7 Å². The van der Waals surface area contributed by atoms with Crippen molar-refractivity contribution in [3.63, 3.8) is 0 Å². The predicted molar refractivity (Wildman–Crippen MR) is 126 cm³/mol. The van der Waals surface area contributed by atoms with Gasteiger partial charge in [-0.2, -0.15) is 0 Å². The smallest absolute Gasteiger partial charge is 0.0667 e. The van der Waals surface area contributed by atoms with E-state index >= 15 is 0 Å². The van der Waals surface area contributed by atoms with Crippen LogP contribution in [0.25, 0.3) is 11.1 Å². The number of rotatable bonds is 2. The second-order valence-corrected chi connectivity index (χ2v) is 9.55. The Balaban J connectivity index is 1.77. The molecular formula is C30H28. The van der Waals surface area contributed by atoms with Crippen LogP contribution in [0.15, 0.2) is 89.5 Å². The number of allylic oxidation sites excluding steroid dienone is 4. The summed E-state index contributed by atoms with van der Waals surface area (Å²) in [6, 6.07) is 25.4. The molecule has 0 N–H and O–H groups in total. The Hall–Kier alpha value is -2.86. The summed E-state index contributed by atoms with van der Waals surface area (Å²) in [6.45, 7) is 9.12. The van der Waals surface area contributed by atoms with Crippen molar-refractivity contribution in [3.8, 4) is 11.1 Å². The molecule has 6 rings (SSSR count). The van der Waals surface area contributed by atoms with Gasteiger partial charge in [0.15, 0.2) is 0 Å². The van der Waals surface area contributed by atoms with Crippen molar-refractivity contribution in [1.29, 1.82) is 0 Å². The van der Waals surface area contributed by atoms with E-state index in [2.05, 4.69) is 101 Å². The highest BCUT2D eigenvalue weighted by atomic mass is 14.6. The fourth-order valence-electron chi connectivity index (χ4n) is 6.15. The molecule has 0 heteroatoms. The van der Waals surface area contributed by atoms with E-state index in [9.17, 15) is 0 Å². The third-order valence-electron chi connectivity index (χ3n) is 8.07. The van der Waals surface area contributed by atoms with Crippen LogP contribution >= 0.6 is 0 Å². The molecule has 0 aliphatic heterocycles. The maximum Gasteiger partial charge on any atom is 0.0679 e. The Morgan fingerprint density at radius 2 is 1.33 bits per heavy atom. The maximum atomic E-state index is 2.54. The first-order chi connectivity index (χ1) is 14.5. The number of hydrogen-bond acceptors (Lipinski definition) is 0. The van der Waals surface area contributed by atoms with Crippen LogP contribution in [0.5, 0.6) is 0 Å². The van der Waals surface area contributed by atoms with Gasteiger partial charge in [-0.1, -0.05) is 84.0 Å². The molecule has 148 valence electrons. The minimum Gasteiger partial charge on any atom is -0.0667 e. The fourth-order valence-corrected chi connectivity index (χ4v) is 6.15. The largest absolute Gasteiger partial charge is 0.0679 e. The molecule has 30 heavy (non-hydrogen) atoms. The van der Waals surface area contributed by atoms with Gasteiger partial charge in [-0.15, -0.1) is 0 Å². The topological polar surface area (TPSA) is 0 Å². The maximum absolute atomic E-state index is 2.54. The Morgan fingerprint density at radius 1 is 0.700 bits per heavy atom. The summed E-state index contributed by atoms with van der Waals surface area (Å²) in [5, 5.41) is 0. The standard InChI is InChI=1S/C30H28/c1-18-13-14-22(15-19(18)2)30(29-16-20(3)21(4)25-17-26(25)29)27-11-7-5-9-23(27)24-10-6-8-12-28(24)30/h5-16,25-26H,17H2,1-4H3. The van der Waals surface area contributed by atoms with Crippen molar-refractivity contribution in [2.75, 3.05) is 0 Å². The second-order valence-electron chi connectivity index (χ2n) is 9.55. The van der Waals surface area contributed by atoms with Gasteiger partial charge in [-0.3, -0.25) is 0 Å². The average Bonchev–Trinajstić information content (AvgIpc) is 3.51. The zero-order valence-electron chi connectivity index (χ0n) is 18.3. The van der Waals surface area contributed by atoms with E-state index in [4.69, 9.17) is 0 Å². The van der Waals surface area contributed by atoms with Crippen LogP contribution in [-0.4, -0.2) is 0 Å². The highest BCUT2D eigenvalue weighted by Gasteiger charge is 2.55. The molecule has 0 amide bonds. The lowest BCUT2D eigenvalue weighted by Crippen LogP contribution is -2.32. The quantitative estimate of drug-likeness (QED) is 0.425. The molecule has 2 atom stereocenters. The summed E-state index contributed by atoms with van der Waals surface area (Å²) in [4.78, 5) is 0. The van der Waals surface area contributed by atoms with E-state index in [1.54, 1.807) is 11.1 Å². The van der Waals surface area contributed by atoms with Crippen LogP contribution < -0.4 is 0 Å². The van der Waals surface area contributed by atoms with Crippen LogP contribution in [0.4, 0.5) is 0 Å². The first-order valence-corrected chi connectivity index (χ1v) is 11.2. The van der Waals surface area contributed by atoms with Gasteiger partial charge in [0.25, 0.3) is 0 Å². The van der Waals surface area contributed by atoms with Crippen molar-refractivity contribution < 1.29 is 0 Å². The van der Waals surface area contributed by atoms with E-state index in [1.807, 2.05) is 0 Å². The van der Waals surface area contributed by atoms with Crippen molar-refractivity contribution in [2.24, 2.45) is 11.8 Å². The summed E-state index contributed by atoms with van der Waals surface area (Å²) in [6.07, 6.45) is 3.84. The van der Waals surface area contributed by atoms with Crippen LogP contribution in [0.2, 0.25) is 0 Å². The summed E-state index contributed by atoms with van der Waals surface area (Å²) < 4.78 is 0. The van der Waals surface area contributed by atoms with Crippen LogP contribution in [0.3, 0.4) is 0 Å². The van der Waals surface area contributed by atoms with Gasteiger partial charge in [0.2, 0.25) is 0 Å².